The average Bonchev–Trinajstić information content (AvgIpc) is 3.15. The van der Waals surface area contributed by atoms with Crippen molar-refractivity contribution in [3.05, 3.63) is 34.8 Å². The molecule has 0 spiro atoms. The summed E-state index contributed by atoms with van der Waals surface area (Å²) in [5.41, 5.74) is 2.06. The van der Waals surface area contributed by atoms with Crippen LogP contribution < -0.4 is 20.9 Å². The molecule has 3 N–H and O–H groups in total. The quantitative estimate of drug-likeness (QED) is 0.756. The highest BCUT2D eigenvalue weighted by molar-refractivity contribution is 7.15. The van der Waals surface area contributed by atoms with Crippen LogP contribution in [0.1, 0.15) is 40.9 Å². The summed E-state index contributed by atoms with van der Waals surface area (Å²) in [4.78, 5) is 32.2. The van der Waals surface area contributed by atoms with Gasteiger partial charge in [0.1, 0.15) is 6.04 Å². The molecule has 7 nitrogen and oxygen atoms in total. The summed E-state index contributed by atoms with van der Waals surface area (Å²) in [6, 6.07) is 5.12. The lowest BCUT2D eigenvalue weighted by atomic mass is 9.97. The number of aromatic nitrogens is 1. The number of nitrogens with one attached hydrogen (secondary N) is 3. The van der Waals surface area contributed by atoms with Crippen molar-refractivity contribution in [2.45, 2.75) is 31.7 Å². The van der Waals surface area contributed by atoms with Crippen molar-refractivity contribution < 1.29 is 9.59 Å². The predicted octanol–water partition coefficient (Wildman–Crippen LogP) is 2.64. The molecule has 1 atom stereocenters. The molecule has 2 aliphatic heterocycles. The Labute approximate surface area is 162 Å². The summed E-state index contributed by atoms with van der Waals surface area (Å²) in [6.45, 7) is 3.90. The third kappa shape index (κ3) is 3.54. The molecular formula is C19H23N5O2S. The number of amides is 2. The van der Waals surface area contributed by atoms with E-state index in [0.29, 0.717) is 22.3 Å². The number of hydrogen-bond donors (Lipinski definition) is 3. The molecule has 0 saturated carbocycles. The van der Waals surface area contributed by atoms with Gasteiger partial charge in [-0.1, -0.05) is 0 Å². The molecule has 0 bridgehead atoms. The minimum absolute atomic E-state index is 0.0749. The van der Waals surface area contributed by atoms with Crippen molar-refractivity contribution in [2.24, 2.45) is 0 Å². The van der Waals surface area contributed by atoms with Crippen LogP contribution in [0, 0.1) is 0 Å². The first-order valence-corrected chi connectivity index (χ1v) is 10.00. The Morgan fingerprint density at radius 3 is 2.89 bits per heavy atom. The van der Waals surface area contributed by atoms with Gasteiger partial charge in [0.2, 0.25) is 5.91 Å². The molecule has 4 rings (SSSR count). The van der Waals surface area contributed by atoms with Gasteiger partial charge in [0.05, 0.1) is 11.4 Å². The highest BCUT2D eigenvalue weighted by atomic mass is 32.1. The van der Waals surface area contributed by atoms with E-state index in [-0.39, 0.29) is 17.9 Å². The van der Waals surface area contributed by atoms with Crippen molar-refractivity contribution >= 4 is 39.7 Å². The second-order valence-corrected chi connectivity index (χ2v) is 8.12. The van der Waals surface area contributed by atoms with E-state index in [1.165, 1.54) is 4.88 Å². The fourth-order valence-electron chi connectivity index (χ4n) is 3.52. The summed E-state index contributed by atoms with van der Waals surface area (Å²) in [6.07, 6.45) is 4.08. The number of thiazole rings is 1. The molecule has 2 aromatic rings. The number of benzene rings is 1. The average molecular weight is 385 g/mol. The SMILES string of the molecule is CC1C(=O)Nc2cc(C(=O)Nc3ncc(C4CCNCC4)s3)ccc2N1C. The second kappa shape index (κ2) is 7.28. The third-order valence-corrected chi connectivity index (χ3v) is 6.42. The maximum absolute atomic E-state index is 12.6. The van der Waals surface area contributed by atoms with Crippen LogP contribution in [0.2, 0.25) is 0 Å². The van der Waals surface area contributed by atoms with Crippen molar-refractivity contribution in [1.82, 2.24) is 10.3 Å². The lowest BCUT2D eigenvalue weighted by Crippen LogP contribution is -2.43. The lowest BCUT2D eigenvalue weighted by Gasteiger charge is -2.33. The van der Waals surface area contributed by atoms with E-state index in [2.05, 4.69) is 20.9 Å². The summed E-state index contributed by atoms with van der Waals surface area (Å²) in [5.74, 6) is 0.222. The van der Waals surface area contributed by atoms with E-state index in [0.717, 1.165) is 31.6 Å². The fourth-order valence-corrected chi connectivity index (χ4v) is 4.50. The van der Waals surface area contributed by atoms with Crippen molar-refractivity contribution in [1.29, 1.82) is 0 Å². The summed E-state index contributed by atoms with van der Waals surface area (Å²) >= 11 is 1.54. The van der Waals surface area contributed by atoms with Crippen molar-refractivity contribution in [3.8, 4) is 0 Å². The molecule has 1 saturated heterocycles. The minimum atomic E-state index is -0.235. The summed E-state index contributed by atoms with van der Waals surface area (Å²) in [5, 5.41) is 9.72. The Bertz CT molecular complexity index is 875. The van der Waals surface area contributed by atoms with Crippen LogP contribution in [0.4, 0.5) is 16.5 Å². The predicted molar refractivity (Wildman–Crippen MR) is 108 cm³/mol. The van der Waals surface area contributed by atoms with Gasteiger partial charge in [-0.25, -0.2) is 4.98 Å². The topological polar surface area (TPSA) is 86.4 Å². The highest BCUT2D eigenvalue weighted by Gasteiger charge is 2.27. The Hall–Kier alpha value is -2.45. The first kappa shape index (κ1) is 17.9. The maximum Gasteiger partial charge on any atom is 0.257 e. The second-order valence-electron chi connectivity index (χ2n) is 7.05. The molecule has 2 amide bonds. The van der Waals surface area contributed by atoms with Crippen molar-refractivity contribution in [3.63, 3.8) is 0 Å². The molecule has 2 aliphatic rings. The number of likely N-dealkylation sites (N-methyl/N-ethyl adjacent to an activating group) is 1. The van der Waals surface area contributed by atoms with Gasteiger partial charge < -0.3 is 15.5 Å². The van der Waals surface area contributed by atoms with E-state index < -0.39 is 0 Å². The van der Waals surface area contributed by atoms with E-state index >= 15 is 0 Å². The molecule has 3 heterocycles. The van der Waals surface area contributed by atoms with Gasteiger partial charge in [-0.3, -0.25) is 14.9 Å². The monoisotopic (exact) mass is 385 g/mol. The van der Waals surface area contributed by atoms with Gasteiger partial charge >= 0.3 is 0 Å². The zero-order chi connectivity index (χ0) is 19.0. The van der Waals surface area contributed by atoms with E-state index in [1.807, 2.05) is 31.1 Å². The van der Waals surface area contributed by atoms with E-state index in [4.69, 9.17) is 0 Å². The van der Waals surface area contributed by atoms with Gasteiger partial charge in [-0.05, 0) is 57.0 Å². The number of nitrogens with zero attached hydrogens (tertiary/aromatic N) is 2. The molecule has 142 valence electrons. The fraction of sp³-hybridized carbons (Fsp3) is 0.421. The maximum atomic E-state index is 12.6. The molecule has 0 aliphatic carbocycles. The number of fused-ring (bicyclic) bond motifs is 1. The van der Waals surface area contributed by atoms with Crippen LogP contribution in [0.5, 0.6) is 0 Å². The summed E-state index contributed by atoms with van der Waals surface area (Å²) in [7, 11) is 1.87. The van der Waals surface area contributed by atoms with Gasteiger partial charge in [0.25, 0.3) is 5.91 Å². The number of hydrogen-bond acceptors (Lipinski definition) is 6. The van der Waals surface area contributed by atoms with Gasteiger partial charge in [-0.2, -0.15) is 0 Å². The Morgan fingerprint density at radius 1 is 1.33 bits per heavy atom. The number of anilines is 3. The molecule has 0 radical (unpaired) electrons. The van der Waals surface area contributed by atoms with Crippen LogP contribution in [0.3, 0.4) is 0 Å². The summed E-state index contributed by atoms with van der Waals surface area (Å²) < 4.78 is 0. The minimum Gasteiger partial charge on any atom is -0.361 e. The Kier molecular flexibility index (Phi) is 4.84. The molecule has 1 aromatic heterocycles. The van der Waals surface area contributed by atoms with Gasteiger partial charge in [-0.15, -0.1) is 11.3 Å². The number of carbonyl (C=O) groups is 2. The van der Waals surface area contributed by atoms with Gasteiger partial charge in [0.15, 0.2) is 5.13 Å². The van der Waals surface area contributed by atoms with Crippen molar-refractivity contribution in [2.75, 3.05) is 35.7 Å². The first-order chi connectivity index (χ1) is 13.0. The number of rotatable bonds is 3. The number of carbonyl (C=O) groups excluding carboxylic acids is 2. The molecule has 1 aromatic carbocycles. The normalized spacial score (nSPS) is 20.1. The van der Waals surface area contributed by atoms with Gasteiger partial charge in [0, 0.05) is 23.7 Å². The number of piperidine rings is 1. The Morgan fingerprint density at radius 2 is 2.11 bits per heavy atom. The zero-order valence-corrected chi connectivity index (χ0v) is 16.2. The van der Waals surface area contributed by atoms with Crippen LogP contribution in [-0.2, 0) is 4.79 Å². The zero-order valence-electron chi connectivity index (χ0n) is 15.4. The molecule has 1 unspecified atom stereocenters. The van der Waals surface area contributed by atoms with E-state index in [1.54, 1.807) is 23.5 Å². The largest absolute Gasteiger partial charge is 0.361 e. The molecular weight excluding hydrogens is 362 g/mol. The Balaban J connectivity index is 1.48. The lowest BCUT2D eigenvalue weighted by molar-refractivity contribution is -0.117. The molecule has 8 heteroatoms. The smallest absolute Gasteiger partial charge is 0.257 e. The standard InChI is InChI=1S/C19H23N5O2S/c1-11-17(25)22-14-9-13(3-4-15(14)24(11)2)18(26)23-19-21-10-16(27-19)12-5-7-20-8-6-12/h3-4,9-12,20H,5-8H2,1-2H3,(H,22,25)(H,21,23,26). The molecule has 27 heavy (non-hydrogen) atoms. The third-order valence-electron chi connectivity index (χ3n) is 5.34. The van der Waals surface area contributed by atoms with E-state index in [9.17, 15) is 9.59 Å². The van der Waals surface area contributed by atoms with Crippen LogP contribution in [0.25, 0.3) is 0 Å². The van der Waals surface area contributed by atoms with Crippen LogP contribution in [0.15, 0.2) is 24.4 Å². The molecule has 1 fully saturated rings. The van der Waals surface area contributed by atoms with Crippen LogP contribution in [-0.4, -0.2) is 43.0 Å². The highest BCUT2D eigenvalue weighted by Crippen LogP contribution is 2.33. The van der Waals surface area contributed by atoms with Crippen LogP contribution >= 0.6 is 11.3 Å². The first-order valence-electron chi connectivity index (χ1n) is 9.18.